The fraction of sp³-hybridized carbons (Fsp3) is 0.348. The summed E-state index contributed by atoms with van der Waals surface area (Å²) in [7, 11) is -3.18. The summed E-state index contributed by atoms with van der Waals surface area (Å²) in [5, 5.41) is 3.62. The Bertz CT molecular complexity index is 1030. The van der Waals surface area contributed by atoms with Crippen molar-refractivity contribution in [1.82, 2.24) is 0 Å². The van der Waals surface area contributed by atoms with E-state index in [0.29, 0.717) is 23.9 Å². The quantitative estimate of drug-likeness (QED) is 0.646. The van der Waals surface area contributed by atoms with E-state index in [1.54, 1.807) is 18.2 Å². The second-order valence-corrected chi connectivity index (χ2v) is 11.0. The number of anilines is 2. The first-order valence-electron chi connectivity index (χ1n) is 10.4. The zero-order valence-electron chi connectivity index (χ0n) is 16.8. The van der Waals surface area contributed by atoms with Crippen LogP contribution in [0.5, 0.6) is 0 Å². The van der Waals surface area contributed by atoms with Crippen LogP contribution >= 0.6 is 11.8 Å². The molecule has 5 nitrogen and oxygen atoms in total. The normalized spacial score (nSPS) is 18.9. The van der Waals surface area contributed by atoms with Crippen LogP contribution in [0.2, 0.25) is 0 Å². The lowest BCUT2D eigenvalue weighted by atomic mass is 10.2. The third-order valence-corrected chi connectivity index (χ3v) is 8.73. The van der Waals surface area contributed by atoms with Gasteiger partial charge in [0, 0.05) is 22.8 Å². The van der Waals surface area contributed by atoms with Crippen LogP contribution in [-0.2, 0) is 14.8 Å². The molecule has 1 saturated carbocycles. The van der Waals surface area contributed by atoms with Gasteiger partial charge in [-0.3, -0.25) is 9.10 Å². The molecule has 2 aromatic carbocycles. The molecule has 0 spiro atoms. The molecule has 0 aromatic heterocycles. The van der Waals surface area contributed by atoms with Gasteiger partial charge in [-0.1, -0.05) is 37.1 Å². The second kappa shape index (κ2) is 9.27. The van der Waals surface area contributed by atoms with E-state index in [1.807, 2.05) is 42.1 Å². The molecule has 7 heteroatoms. The molecular weight excluding hydrogens is 416 g/mol. The fourth-order valence-electron chi connectivity index (χ4n) is 3.89. The van der Waals surface area contributed by atoms with Gasteiger partial charge in [-0.15, -0.1) is 11.8 Å². The number of rotatable bonds is 6. The Morgan fingerprint density at radius 1 is 1.03 bits per heavy atom. The molecule has 1 aliphatic carbocycles. The van der Waals surface area contributed by atoms with Crippen molar-refractivity contribution in [3.8, 4) is 0 Å². The van der Waals surface area contributed by atoms with E-state index < -0.39 is 10.0 Å². The van der Waals surface area contributed by atoms with Crippen LogP contribution in [0.25, 0.3) is 6.08 Å². The average molecular weight is 443 g/mol. The first-order valence-corrected chi connectivity index (χ1v) is 12.9. The van der Waals surface area contributed by atoms with E-state index in [0.717, 1.165) is 16.1 Å². The lowest BCUT2D eigenvalue weighted by Gasteiger charge is -2.16. The molecule has 4 rings (SSSR count). The van der Waals surface area contributed by atoms with Crippen LogP contribution in [0.1, 0.15) is 37.7 Å². The smallest absolute Gasteiger partial charge is 0.248 e. The largest absolute Gasteiger partial charge is 0.321 e. The highest BCUT2D eigenvalue weighted by atomic mass is 32.2. The van der Waals surface area contributed by atoms with Gasteiger partial charge in [0.2, 0.25) is 15.9 Å². The predicted octanol–water partition coefficient (Wildman–Crippen LogP) is 4.91. The van der Waals surface area contributed by atoms with Crippen LogP contribution in [-0.4, -0.2) is 31.9 Å². The summed E-state index contributed by atoms with van der Waals surface area (Å²) in [6.07, 6.45) is 8.96. The molecule has 0 atom stereocenters. The fourth-order valence-corrected chi connectivity index (χ4v) is 6.78. The SMILES string of the molecule is O=C(/C=C/c1ccc(N2CCCS2(=O)=O)cc1)Nc1ccccc1SC1CCCC1. The number of carbonyl (C=O) groups excluding carboxylic acids is 1. The number of thioether (sulfide) groups is 1. The Morgan fingerprint density at radius 2 is 1.77 bits per heavy atom. The van der Waals surface area contributed by atoms with Crippen molar-refractivity contribution in [2.75, 3.05) is 21.9 Å². The zero-order chi connectivity index (χ0) is 21.0. The van der Waals surface area contributed by atoms with Crippen LogP contribution in [0.15, 0.2) is 59.5 Å². The van der Waals surface area contributed by atoms with Gasteiger partial charge in [0.15, 0.2) is 0 Å². The van der Waals surface area contributed by atoms with Crippen LogP contribution < -0.4 is 9.62 Å². The minimum absolute atomic E-state index is 0.180. The van der Waals surface area contributed by atoms with E-state index in [1.165, 1.54) is 36.1 Å². The summed E-state index contributed by atoms with van der Waals surface area (Å²) >= 11 is 1.86. The summed E-state index contributed by atoms with van der Waals surface area (Å²) in [5.74, 6) is 0.0238. The average Bonchev–Trinajstić information content (AvgIpc) is 3.37. The number of hydrogen-bond acceptors (Lipinski definition) is 4. The number of benzene rings is 2. The minimum Gasteiger partial charge on any atom is -0.321 e. The van der Waals surface area contributed by atoms with Crippen molar-refractivity contribution in [2.45, 2.75) is 42.2 Å². The molecule has 30 heavy (non-hydrogen) atoms. The summed E-state index contributed by atoms with van der Waals surface area (Å²) < 4.78 is 25.5. The predicted molar refractivity (Wildman–Crippen MR) is 124 cm³/mol. The maximum atomic E-state index is 12.4. The van der Waals surface area contributed by atoms with Crippen LogP contribution in [0.4, 0.5) is 11.4 Å². The number of amides is 1. The van der Waals surface area contributed by atoms with Crippen LogP contribution in [0, 0.1) is 0 Å². The van der Waals surface area contributed by atoms with Crippen molar-refractivity contribution in [3.63, 3.8) is 0 Å². The van der Waals surface area contributed by atoms with Gasteiger partial charge < -0.3 is 5.32 Å². The molecule has 2 aliphatic rings. The van der Waals surface area contributed by atoms with E-state index >= 15 is 0 Å². The lowest BCUT2D eigenvalue weighted by molar-refractivity contribution is -0.111. The highest BCUT2D eigenvalue weighted by Crippen LogP contribution is 2.38. The summed E-state index contributed by atoms with van der Waals surface area (Å²) in [5.41, 5.74) is 2.37. The Hall–Kier alpha value is -2.25. The standard InChI is InChI=1S/C23H26N2O3S2/c26-23(24-21-8-3-4-9-22(21)29-20-6-1-2-7-20)15-12-18-10-13-19(14-11-18)25-16-5-17-30(25,27)28/h3-4,8-15,20H,1-2,5-7,16-17H2,(H,24,26)/b15-12+. The zero-order valence-corrected chi connectivity index (χ0v) is 18.4. The molecule has 1 heterocycles. The summed E-state index contributed by atoms with van der Waals surface area (Å²) in [6, 6.07) is 15.2. The molecular formula is C23H26N2O3S2. The summed E-state index contributed by atoms with van der Waals surface area (Å²) in [4.78, 5) is 13.6. The van der Waals surface area contributed by atoms with E-state index in [2.05, 4.69) is 11.4 Å². The molecule has 1 saturated heterocycles. The minimum atomic E-state index is -3.18. The Kier molecular flexibility index (Phi) is 6.49. The van der Waals surface area contributed by atoms with Crippen molar-refractivity contribution in [1.29, 1.82) is 0 Å². The number of nitrogens with zero attached hydrogens (tertiary/aromatic N) is 1. The molecule has 0 radical (unpaired) electrons. The third-order valence-electron chi connectivity index (χ3n) is 5.45. The second-order valence-electron chi connectivity index (χ2n) is 7.68. The number of hydrogen-bond donors (Lipinski definition) is 1. The van der Waals surface area contributed by atoms with Crippen molar-refractivity contribution < 1.29 is 13.2 Å². The molecule has 0 bridgehead atoms. The maximum absolute atomic E-state index is 12.4. The van der Waals surface area contributed by atoms with Crippen molar-refractivity contribution in [2.24, 2.45) is 0 Å². The molecule has 1 aliphatic heterocycles. The lowest BCUT2D eigenvalue weighted by Crippen LogP contribution is -2.24. The molecule has 158 valence electrons. The van der Waals surface area contributed by atoms with Gasteiger partial charge in [0.25, 0.3) is 0 Å². The molecule has 2 fully saturated rings. The molecule has 1 N–H and O–H groups in total. The number of para-hydroxylation sites is 1. The van der Waals surface area contributed by atoms with E-state index in [4.69, 9.17) is 0 Å². The molecule has 0 unspecified atom stereocenters. The van der Waals surface area contributed by atoms with E-state index in [-0.39, 0.29) is 11.7 Å². The maximum Gasteiger partial charge on any atom is 0.248 e. The highest BCUT2D eigenvalue weighted by Gasteiger charge is 2.28. The molecule has 2 aromatic rings. The number of carbonyl (C=O) groups is 1. The highest BCUT2D eigenvalue weighted by molar-refractivity contribution is 8.00. The van der Waals surface area contributed by atoms with Gasteiger partial charge in [-0.05, 0) is 55.2 Å². The van der Waals surface area contributed by atoms with Gasteiger partial charge in [0.05, 0.1) is 17.1 Å². The number of sulfonamides is 1. The van der Waals surface area contributed by atoms with Gasteiger partial charge in [-0.25, -0.2) is 8.42 Å². The number of nitrogens with one attached hydrogen (secondary N) is 1. The van der Waals surface area contributed by atoms with E-state index in [9.17, 15) is 13.2 Å². The monoisotopic (exact) mass is 442 g/mol. The van der Waals surface area contributed by atoms with Crippen molar-refractivity contribution >= 4 is 45.1 Å². The Balaban J connectivity index is 1.38. The van der Waals surface area contributed by atoms with Gasteiger partial charge in [0.1, 0.15) is 0 Å². The Labute approximate surface area is 182 Å². The first-order chi connectivity index (χ1) is 14.5. The van der Waals surface area contributed by atoms with Crippen molar-refractivity contribution in [3.05, 3.63) is 60.2 Å². The Morgan fingerprint density at radius 3 is 2.47 bits per heavy atom. The van der Waals surface area contributed by atoms with Crippen LogP contribution in [0.3, 0.4) is 0 Å². The van der Waals surface area contributed by atoms with Gasteiger partial charge >= 0.3 is 0 Å². The third kappa shape index (κ3) is 5.08. The van der Waals surface area contributed by atoms with Gasteiger partial charge in [-0.2, -0.15) is 0 Å². The topological polar surface area (TPSA) is 66.5 Å². The first kappa shape index (κ1) is 21.0. The summed E-state index contributed by atoms with van der Waals surface area (Å²) in [6.45, 7) is 0.526. The molecule has 1 amide bonds.